The van der Waals surface area contributed by atoms with E-state index in [1.165, 1.54) is 11.3 Å². The lowest BCUT2D eigenvalue weighted by Crippen LogP contribution is -2.31. The molecule has 8 nitrogen and oxygen atoms in total. The number of aryl methyl sites for hydroxylation is 1. The molecule has 9 heteroatoms. The summed E-state index contributed by atoms with van der Waals surface area (Å²) in [5, 5.41) is 11.4. The van der Waals surface area contributed by atoms with Gasteiger partial charge in [-0.2, -0.15) is 0 Å². The maximum Gasteiger partial charge on any atom is 0.349 e. The molecule has 0 aromatic carbocycles. The number of carbonyl (C=O) groups is 1. The molecule has 1 atom stereocenters. The highest BCUT2D eigenvalue weighted by Crippen LogP contribution is 2.28. The highest BCUT2D eigenvalue weighted by molar-refractivity contribution is 7.15. The van der Waals surface area contributed by atoms with Crippen LogP contribution in [0.2, 0.25) is 0 Å². The molecule has 2 aromatic rings. The second-order valence-corrected chi connectivity index (χ2v) is 6.63. The number of carbonyl (C=O) groups excluding carboxylic acids is 1. The molecule has 0 bridgehead atoms. The van der Waals surface area contributed by atoms with Gasteiger partial charge in [-0.15, -0.1) is 10.2 Å². The molecule has 1 fully saturated rings. The number of nitrogens with zero attached hydrogens (tertiary/aromatic N) is 2. The molecule has 1 aliphatic rings. The van der Waals surface area contributed by atoms with Crippen molar-refractivity contribution in [1.29, 1.82) is 0 Å². The average Bonchev–Trinajstić information content (AvgIpc) is 3.18. The number of ether oxygens (including phenoxy) is 1. The first-order valence-electron chi connectivity index (χ1n) is 7.67. The molecule has 1 saturated heterocycles. The highest BCUT2D eigenvalue weighted by atomic mass is 32.1. The van der Waals surface area contributed by atoms with Gasteiger partial charge in [-0.25, -0.2) is 4.79 Å². The van der Waals surface area contributed by atoms with Crippen molar-refractivity contribution in [3.8, 4) is 0 Å². The lowest BCUT2D eigenvalue weighted by Gasteiger charge is -2.11. The molecule has 0 aliphatic carbocycles. The first-order chi connectivity index (χ1) is 11.5. The Morgan fingerprint density at radius 2 is 2.33 bits per heavy atom. The van der Waals surface area contributed by atoms with E-state index in [9.17, 15) is 9.59 Å². The van der Waals surface area contributed by atoms with Crippen LogP contribution in [-0.2, 0) is 11.2 Å². The minimum atomic E-state index is -0.641. The predicted octanol–water partition coefficient (Wildman–Crippen LogP) is 1.21. The predicted molar refractivity (Wildman–Crippen MR) is 88.0 cm³/mol. The minimum absolute atomic E-state index is 0.0218. The second kappa shape index (κ2) is 7.10. The first kappa shape index (κ1) is 16.6. The number of aromatic nitrogens is 2. The lowest BCUT2D eigenvalue weighted by atomic mass is 10.1. The summed E-state index contributed by atoms with van der Waals surface area (Å²) in [6.45, 7) is 2.71. The maximum atomic E-state index is 12.3. The van der Waals surface area contributed by atoms with Crippen LogP contribution in [0, 0.1) is 6.92 Å². The van der Waals surface area contributed by atoms with Gasteiger partial charge in [0.25, 0.3) is 5.91 Å². The lowest BCUT2D eigenvalue weighted by molar-refractivity contribution is 0.0883. The van der Waals surface area contributed by atoms with E-state index in [1.807, 2.05) is 0 Å². The van der Waals surface area contributed by atoms with Crippen molar-refractivity contribution >= 4 is 22.4 Å². The van der Waals surface area contributed by atoms with Crippen molar-refractivity contribution in [2.24, 2.45) is 0 Å². The van der Waals surface area contributed by atoms with Gasteiger partial charge in [0.05, 0.1) is 0 Å². The molecule has 1 unspecified atom stereocenters. The summed E-state index contributed by atoms with van der Waals surface area (Å²) in [7, 11) is 0. The van der Waals surface area contributed by atoms with E-state index in [0.29, 0.717) is 36.0 Å². The summed E-state index contributed by atoms with van der Waals surface area (Å²) in [6.07, 6.45) is 2.06. The zero-order chi connectivity index (χ0) is 17.1. The van der Waals surface area contributed by atoms with Crippen molar-refractivity contribution in [1.82, 2.24) is 15.5 Å². The standard InChI is InChI=1S/C15H18N4O4S/c1-8-7-10(9-3-2-6-22-9)23-14(21)12(8)13(20)17-5-4-11-18-19-15(16)24-11/h7,9H,2-6H2,1H3,(H2,16,19)(H,17,20). The zero-order valence-corrected chi connectivity index (χ0v) is 14.0. The number of amides is 1. The van der Waals surface area contributed by atoms with E-state index in [0.717, 1.165) is 17.8 Å². The second-order valence-electron chi connectivity index (χ2n) is 5.54. The molecule has 128 valence electrons. The molecule has 0 saturated carbocycles. The summed E-state index contributed by atoms with van der Waals surface area (Å²) in [5.74, 6) is 0.0218. The van der Waals surface area contributed by atoms with Gasteiger partial charge >= 0.3 is 5.63 Å². The Balaban J connectivity index is 1.66. The molecular weight excluding hydrogens is 332 g/mol. The fraction of sp³-hybridized carbons (Fsp3) is 0.467. The number of nitrogens with two attached hydrogens (primary N) is 1. The Bertz CT molecular complexity index is 795. The van der Waals surface area contributed by atoms with Crippen LogP contribution in [-0.4, -0.2) is 29.3 Å². The number of hydrogen-bond acceptors (Lipinski definition) is 8. The van der Waals surface area contributed by atoms with E-state index < -0.39 is 11.5 Å². The van der Waals surface area contributed by atoms with E-state index >= 15 is 0 Å². The van der Waals surface area contributed by atoms with E-state index in [2.05, 4.69) is 15.5 Å². The fourth-order valence-corrected chi connectivity index (χ4v) is 3.21. The van der Waals surface area contributed by atoms with Gasteiger partial charge in [-0.3, -0.25) is 4.79 Å². The molecule has 24 heavy (non-hydrogen) atoms. The normalized spacial score (nSPS) is 17.1. The monoisotopic (exact) mass is 350 g/mol. The summed E-state index contributed by atoms with van der Waals surface area (Å²) in [6, 6.07) is 1.71. The van der Waals surface area contributed by atoms with E-state index in [1.54, 1.807) is 13.0 Å². The fourth-order valence-electron chi connectivity index (χ4n) is 2.61. The number of anilines is 1. The molecule has 1 amide bonds. The van der Waals surface area contributed by atoms with Crippen LogP contribution in [0.15, 0.2) is 15.3 Å². The SMILES string of the molecule is Cc1cc(C2CCCO2)oc(=O)c1C(=O)NCCc1nnc(N)s1. The maximum absolute atomic E-state index is 12.3. The third-order valence-electron chi connectivity index (χ3n) is 3.75. The molecule has 0 radical (unpaired) electrons. The van der Waals surface area contributed by atoms with Gasteiger partial charge in [-0.1, -0.05) is 11.3 Å². The zero-order valence-electron chi connectivity index (χ0n) is 13.2. The molecule has 1 aliphatic heterocycles. The molecule has 2 aromatic heterocycles. The summed E-state index contributed by atoms with van der Waals surface area (Å²) in [5.41, 5.74) is 5.46. The van der Waals surface area contributed by atoms with Crippen LogP contribution in [0.25, 0.3) is 0 Å². The van der Waals surface area contributed by atoms with Gasteiger partial charge in [0, 0.05) is 19.6 Å². The van der Waals surface area contributed by atoms with Gasteiger partial charge < -0.3 is 20.2 Å². The molecule has 0 spiro atoms. The van der Waals surface area contributed by atoms with Gasteiger partial charge in [0.15, 0.2) is 0 Å². The van der Waals surface area contributed by atoms with Crippen LogP contribution >= 0.6 is 11.3 Å². The average molecular weight is 350 g/mol. The number of rotatable bonds is 5. The van der Waals surface area contributed by atoms with Crippen LogP contribution in [0.1, 0.15) is 45.6 Å². The smallest absolute Gasteiger partial charge is 0.349 e. The largest absolute Gasteiger partial charge is 0.424 e. The van der Waals surface area contributed by atoms with Gasteiger partial charge in [0.1, 0.15) is 22.4 Å². The molecule has 3 rings (SSSR count). The summed E-state index contributed by atoms with van der Waals surface area (Å²) < 4.78 is 10.8. The molecule has 3 N–H and O–H groups in total. The van der Waals surface area contributed by atoms with Crippen LogP contribution in [0.3, 0.4) is 0 Å². The Hall–Kier alpha value is -2.26. The van der Waals surface area contributed by atoms with E-state index in [4.69, 9.17) is 14.9 Å². The first-order valence-corrected chi connectivity index (χ1v) is 8.48. The minimum Gasteiger partial charge on any atom is -0.424 e. The topological polar surface area (TPSA) is 120 Å². The van der Waals surface area contributed by atoms with E-state index in [-0.39, 0.29) is 11.7 Å². The summed E-state index contributed by atoms with van der Waals surface area (Å²) >= 11 is 1.27. The molecule has 3 heterocycles. The van der Waals surface area contributed by atoms with Gasteiger partial charge in [-0.05, 0) is 31.4 Å². The van der Waals surface area contributed by atoms with Crippen LogP contribution < -0.4 is 16.7 Å². The van der Waals surface area contributed by atoms with Crippen LogP contribution in [0.5, 0.6) is 0 Å². The summed E-state index contributed by atoms with van der Waals surface area (Å²) in [4.78, 5) is 24.4. The number of nitrogen functional groups attached to an aromatic ring is 1. The third kappa shape index (κ3) is 3.62. The third-order valence-corrected chi connectivity index (χ3v) is 4.56. The van der Waals surface area contributed by atoms with Crippen molar-refractivity contribution in [3.63, 3.8) is 0 Å². The number of nitrogens with one attached hydrogen (secondary N) is 1. The van der Waals surface area contributed by atoms with Crippen molar-refractivity contribution < 1.29 is 13.9 Å². The van der Waals surface area contributed by atoms with Crippen molar-refractivity contribution in [2.75, 3.05) is 18.9 Å². The van der Waals surface area contributed by atoms with Crippen molar-refractivity contribution in [3.05, 3.63) is 38.4 Å². The van der Waals surface area contributed by atoms with Crippen molar-refractivity contribution in [2.45, 2.75) is 32.3 Å². The Labute approximate surface area is 142 Å². The Morgan fingerprint density at radius 3 is 2.96 bits per heavy atom. The Morgan fingerprint density at radius 1 is 1.50 bits per heavy atom. The quantitative estimate of drug-likeness (QED) is 0.831. The number of hydrogen-bond donors (Lipinski definition) is 2. The highest BCUT2D eigenvalue weighted by Gasteiger charge is 2.24. The molecular formula is C15H18N4O4S. The van der Waals surface area contributed by atoms with Gasteiger partial charge in [0.2, 0.25) is 5.13 Å². The Kier molecular flexibility index (Phi) is 4.91. The van der Waals surface area contributed by atoms with Crippen LogP contribution in [0.4, 0.5) is 5.13 Å².